The van der Waals surface area contributed by atoms with Crippen LogP contribution >= 0.6 is 0 Å². The van der Waals surface area contributed by atoms with Gasteiger partial charge in [0.05, 0.1) is 18.3 Å². The molecule has 0 bridgehead atoms. The first-order valence-corrected chi connectivity index (χ1v) is 9.33. The summed E-state index contributed by atoms with van der Waals surface area (Å²) in [6.07, 6.45) is 1.83. The van der Waals surface area contributed by atoms with E-state index in [1.807, 2.05) is 36.5 Å². The van der Waals surface area contributed by atoms with E-state index < -0.39 is 10.8 Å². The number of anilines is 1. The van der Waals surface area contributed by atoms with Gasteiger partial charge in [0.1, 0.15) is 0 Å². The number of benzene rings is 2. The van der Waals surface area contributed by atoms with Crippen LogP contribution in [-0.2, 0) is 27.8 Å². The van der Waals surface area contributed by atoms with E-state index >= 15 is 0 Å². The smallest absolute Gasteiger partial charge is 0.0700 e. The van der Waals surface area contributed by atoms with E-state index in [-0.39, 0.29) is 0 Å². The van der Waals surface area contributed by atoms with Crippen LogP contribution in [0.3, 0.4) is 0 Å². The van der Waals surface area contributed by atoms with E-state index in [0.717, 1.165) is 22.2 Å². The molecule has 3 aromatic rings. The highest BCUT2D eigenvalue weighted by Gasteiger charge is 2.05. The molecule has 0 aliphatic rings. The van der Waals surface area contributed by atoms with Crippen molar-refractivity contribution in [3.63, 3.8) is 0 Å². The maximum absolute atomic E-state index is 12.0. The van der Waals surface area contributed by atoms with Crippen LogP contribution in [0.5, 0.6) is 0 Å². The van der Waals surface area contributed by atoms with Crippen molar-refractivity contribution < 1.29 is 8.95 Å². The summed E-state index contributed by atoms with van der Waals surface area (Å²) >= 11 is 0. The Morgan fingerprint density at radius 3 is 3.00 bits per heavy atom. The molecule has 1 unspecified atom stereocenters. The molecule has 1 atom stereocenters. The highest BCUT2D eigenvalue weighted by molar-refractivity contribution is 7.84. The summed E-state index contributed by atoms with van der Waals surface area (Å²) in [5.41, 5.74) is 4.31. The minimum absolute atomic E-state index is 0.527. The Kier molecular flexibility index (Phi) is 5.61. The van der Waals surface area contributed by atoms with Crippen LogP contribution in [0.1, 0.15) is 11.1 Å². The average Bonchev–Trinajstić information content (AvgIpc) is 3.08. The molecule has 1 heterocycles. The second-order valence-electron chi connectivity index (χ2n) is 5.59. The van der Waals surface area contributed by atoms with Gasteiger partial charge in [-0.2, -0.15) is 5.10 Å². The molecule has 0 spiro atoms. The minimum Gasteiger partial charge on any atom is -0.384 e. The van der Waals surface area contributed by atoms with Crippen LogP contribution in [-0.4, -0.2) is 33.9 Å². The maximum atomic E-state index is 12.0. The van der Waals surface area contributed by atoms with E-state index in [1.54, 1.807) is 7.11 Å². The monoisotopic (exact) mass is 343 g/mol. The Bertz CT molecular complexity index is 832. The molecule has 2 aromatic carbocycles. The Hall–Kier alpha value is -2.18. The van der Waals surface area contributed by atoms with Gasteiger partial charge in [0, 0.05) is 47.0 Å². The maximum Gasteiger partial charge on any atom is 0.0700 e. The molecule has 1 aromatic heterocycles. The number of nitrogens with zero attached hydrogens (tertiary/aromatic N) is 1. The fourth-order valence-electron chi connectivity index (χ4n) is 2.58. The van der Waals surface area contributed by atoms with E-state index in [2.05, 4.69) is 27.6 Å². The Morgan fingerprint density at radius 1 is 1.25 bits per heavy atom. The molecule has 3 rings (SSSR count). The number of hydrogen-bond acceptors (Lipinski definition) is 4. The molecular formula is C18H21N3O2S. The molecule has 0 amide bonds. The number of rotatable bonds is 8. The number of hydrogen-bond donors (Lipinski definition) is 2. The zero-order valence-electron chi connectivity index (χ0n) is 13.6. The molecule has 24 heavy (non-hydrogen) atoms. The first-order chi connectivity index (χ1) is 11.8. The number of aromatic amines is 1. The normalized spacial score (nSPS) is 12.4. The zero-order chi connectivity index (χ0) is 16.8. The molecular weight excluding hydrogens is 322 g/mol. The molecule has 0 saturated carbocycles. The molecule has 0 radical (unpaired) electrons. The molecule has 6 heteroatoms. The number of para-hydroxylation sites is 1. The third kappa shape index (κ3) is 4.21. The summed E-state index contributed by atoms with van der Waals surface area (Å²) < 4.78 is 17.0. The van der Waals surface area contributed by atoms with Crippen LogP contribution in [0.25, 0.3) is 10.9 Å². The van der Waals surface area contributed by atoms with E-state index in [0.29, 0.717) is 24.7 Å². The van der Waals surface area contributed by atoms with Gasteiger partial charge >= 0.3 is 0 Å². The van der Waals surface area contributed by atoms with Gasteiger partial charge in [0.15, 0.2) is 0 Å². The topological polar surface area (TPSA) is 67.0 Å². The Morgan fingerprint density at radius 2 is 2.12 bits per heavy atom. The van der Waals surface area contributed by atoms with Crippen molar-refractivity contribution in [2.45, 2.75) is 12.3 Å². The van der Waals surface area contributed by atoms with Gasteiger partial charge in [-0.25, -0.2) is 0 Å². The first-order valence-electron chi connectivity index (χ1n) is 7.84. The van der Waals surface area contributed by atoms with Crippen LogP contribution in [0.4, 0.5) is 5.69 Å². The quantitative estimate of drug-likeness (QED) is 0.660. The first kappa shape index (κ1) is 16.7. The lowest BCUT2D eigenvalue weighted by molar-refractivity contribution is 0.218. The number of fused-ring (bicyclic) bond motifs is 1. The van der Waals surface area contributed by atoms with Crippen LogP contribution in [0, 0.1) is 0 Å². The lowest BCUT2D eigenvalue weighted by atomic mass is 10.1. The minimum atomic E-state index is -0.898. The van der Waals surface area contributed by atoms with Gasteiger partial charge in [0.2, 0.25) is 0 Å². The van der Waals surface area contributed by atoms with E-state index in [9.17, 15) is 4.21 Å². The molecule has 0 saturated heterocycles. The van der Waals surface area contributed by atoms with Gasteiger partial charge in [-0.15, -0.1) is 0 Å². The SMILES string of the molecule is COCCS(=O)Cc1cccc(NCc2cccc3cn[nH]c23)c1. The molecule has 0 fully saturated rings. The summed E-state index contributed by atoms with van der Waals surface area (Å²) in [7, 11) is 0.729. The lowest BCUT2D eigenvalue weighted by Gasteiger charge is -2.09. The van der Waals surface area contributed by atoms with Crippen molar-refractivity contribution in [2.24, 2.45) is 0 Å². The molecule has 0 aliphatic carbocycles. The van der Waals surface area contributed by atoms with Gasteiger partial charge in [-0.1, -0.05) is 30.3 Å². The predicted octanol–water partition coefficient (Wildman–Crippen LogP) is 3.07. The van der Waals surface area contributed by atoms with Crippen molar-refractivity contribution in [3.05, 3.63) is 59.8 Å². The van der Waals surface area contributed by atoms with Gasteiger partial charge < -0.3 is 10.1 Å². The summed E-state index contributed by atoms with van der Waals surface area (Å²) in [6.45, 7) is 1.23. The van der Waals surface area contributed by atoms with Crippen molar-refractivity contribution in [1.29, 1.82) is 0 Å². The fraction of sp³-hybridized carbons (Fsp3) is 0.278. The summed E-state index contributed by atoms with van der Waals surface area (Å²) in [5.74, 6) is 1.12. The number of nitrogens with one attached hydrogen (secondary N) is 2. The lowest BCUT2D eigenvalue weighted by Crippen LogP contribution is -2.07. The van der Waals surface area contributed by atoms with Gasteiger partial charge in [-0.3, -0.25) is 9.31 Å². The van der Waals surface area contributed by atoms with E-state index in [4.69, 9.17) is 4.74 Å². The highest BCUT2D eigenvalue weighted by atomic mass is 32.2. The van der Waals surface area contributed by atoms with Crippen molar-refractivity contribution in [2.75, 3.05) is 24.8 Å². The van der Waals surface area contributed by atoms with E-state index in [1.165, 1.54) is 5.56 Å². The molecule has 2 N–H and O–H groups in total. The largest absolute Gasteiger partial charge is 0.384 e. The molecule has 5 nitrogen and oxygen atoms in total. The van der Waals surface area contributed by atoms with Gasteiger partial charge in [-0.05, 0) is 23.3 Å². The average molecular weight is 343 g/mol. The summed E-state index contributed by atoms with van der Waals surface area (Å²) in [4.78, 5) is 0. The fourth-order valence-corrected chi connectivity index (χ4v) is 3.63. The summed E-state index contributed by atoms with van der Waals surface area (Å²) in [6, 6.07) is 14.2. The predicted molar refractivity (Wildman–Crippen MR) is 98.5 cm³/mol. The van der Waals surface area contributed by atoms with Gasteiger partial charge in [0.25, 0.3) is 0 Å². The standard InChI is InChI=1S/C18H21N3O2S/c1-23-8-9-24(22)13-14-4-2-7-17(10-14)19-11-15-5-3-6-16-12-20-21-18(15)16/h2-7,10,12,19H,8-9,11,13H2,1H3,(H,20,21). The highest BCUT2D eigenvalue weighted by Crippen LogP contribution is 2.18. The third-order valence-electron chi connectivity index (χ3n) is 3.82. The van der Waals surface area contributed by atoms with Crippen molar-refractivity contribution in [3.8, 4) is 0 Å². The number of aromatic nitrogens is 2. The van der Waals surface area contributed by atoms with Crippen LogP contribution in [0.2, 0.25) is 0 Å². The van der Waals surface area contributed by atoms with Crippen LogP contribution < -0.4 is 5.32 Å². The number of H-pyrrole nitrogens is 1. The molecule has 0 aliphatic heterocycles. The third-order valence-corrected chi connectivity index (χ3v) is 5.09. The van der Waals surface area contributed by atoms with Crippen LogP contribution in [0.15, 0.2) is 48.7 Å². The Balaban J connectivity index is 1.64. The van der Waals surface area contributed by atoms with Crippen molar-refractivity contribution in [1.82, 2.24) is 10.2 Å². The second kappa shape index (κ2) is 8.08. The number of methoxy groups -OCH3 is 1. The number of ether oxygens (including phenoxy) is 1. The van der Waals surface area contributed by atoms with Crippen molar-refractivity contribution >= 4 is 27.4 Å². The molecule has 126 valence electrons. The Labute approximate surface area is 143 Å². The zero-order valence-corrected chi connectivity index (χ0v) is 14.4. The summed E-state index contributed by atoms with van der Waals surface area (Å²) in [5, 5.41) is 11.7. The second-order valence-corrected chi connectivity index (χ2v) is 7.16.